The quantitative estimate of drug-likeness (QED) is 0.904. The van der Waals surface area contributed by atoms with Gasteiger partial charge in [0.25, 0.3) is 0 Å². The third-order valence-electron chi connectivity index (χ3n) is 3.79. The number of carbonyl (C=O) groups is 1. The molecule has 1 atom stereocenters. The summed E-state index contributed by atoms with van der Waals surface area (Å²) in [6.07, 6.45) is 2.01. The second-order valence-corrected chi connectivity index (χ2v) is 7.74. The van der Waals surface area contributed by atoms with Gasteiger partial charge in [-0.15, -0.1) is 0 Å². The van der Waals surface area contributed by atoms with Gasteiger partial charge in [0.15, 0.2) is 9.84 Å². The van der Waals surface area contributed by atoms with Crippen LogP contribution in [0, 0.1) is 0 Å². The molecular formula is C15H22N2O3S. The Morgan fingerprint density at radius 3 is 2.52 bits per heavy atom. The van der Waals surface area contributed by atoms with Gasteiger partial charge in [0, 0.05) is 30.9 Å². The normalized spacial score (nSPS) is 20.2. The lowest BCUT2D eigenvalue weighted by molar-refractivity contribution is -0.116. The van der Waals surface area contributed by atoms with E-state index in [0.29, 0.717) is 12.8 Å². The number of hydrogen-bond donors (Lipinski definition) is 1. The second kappa shape index (κ2) is 6.47. The van der Waals surface area contributed by atoms with Gasteiger partial charge in [0.1, 0.15) is 0 Å². The van der Waals surface area contributed by atoms with Crippen LogP contribution in [0.25, 0.3) is 0 Å². The summed E-state index contributed by atoms with van der Waals surface area (Å²) in [6, 6.07) is 7.56. The minimum atomic E-state index is -2.88. The van der Waals surface area contributed by atoms with E-state index in [0.717, 1.165) is 17.8 Å². The van der Waals surface area contributed by atoms with E-state index in [1.54, 1.807) is 0 Å². The average Bonchev–Trinajstić information content (AvgIpc) is 2.79. The number of anilines is 2. The van der Waals surface area contributed by atoms with E-state index in [-0.39, 0.29) is 23.5 Å². The van der Waals surface area contributed by atoms with Crippen molar-refractivity contribution in [2.75, 3.05) is 28.8 Å². The molecule has 1 heterocycles. The Balaban J connectivity index is 2.00. The van der Waals surface area contributed by atoms with Crippen LogP contribution in [-0.2, 0) is 14.6 Å². The zero-order valence-corrected chi connectivity index (χ0v) is 13.3. The lowest BCUT2D eigenvalue weighted by Crippen LogP contribution is -2.32. The van der Waals surface area contributed by atoms with Gasteiger partial charge in [0.2, 0.25) is 5.91 Å². The largest absolute Gasteiger partial charge is 0.371 e. The highest BCUT2D eigenvalue weighted by atomic mass is 32.2. The van der Waals surface area contributed by atoms with E-state index in [4.69, 9.17) is 0 Å². The van der Waals surface area contributed by atoms with Crippen LogP contribution in [0.3, 0.4) is 0 Å². The third kappa shape index (κ3) is 4.20. The number of benzene rings is 1. The highest BCUT2D eigenvalue weighted by molar-refractivity contribution is 7.91. The molecule has 0 spiro atoms. The van der Waals surface area contributed by atoms with Gasteiger partial charge in [-0.1, -0.05) is 6.92 Å². The van der Waals surface area contributed by atoms with Gasteiger partial charge in [0.05, 0.1) is 11.5 Å². The monoisotopic (exact) mass is 310 g/mol. The fraction of sp³-hybridized carbons (Fsp3) is 0.533. The predicted octanol–water partition coefficient (Wildman–Crippen LogP) is 2.05. The summed E-state index contributed by atoms with van der Waals surface area (Å²) in [7, 11) is -0.965. The lowest BCUT2D eigenvalue weighted by atomic mass is 10.2. The van der Waals surface area contributed by atoms with Crippen molar-refractivity contribution in [2.24, 2.45) is 0 Å². The second-order valence-electron chi connectivity index (χ2n) is 5.51. The van der Waals surface area contributed by atoms with Gasteiger partial charge in [-0.05, 0) is 37.1 Å². The Labute approximate surface area is 126 Å². The summed E-state index contributed by atoms with van der Waals surface area (Å²) >= 11 is 0. The van der Waals surface area contributed by atoms with E-state index in [9.17, 15) is 13.2 Å². The molecule has 1 fully saturated rings. The van der Waals surface area contributed by atoms with Gasteiger partial charge in [-0.2, -0.15) is 0 Å². The molecule has 116 valence electrons. The number of nitrogens with one attached hydrogen (secondary N) is 1. The molecule has 0 aliphatic carbocycles. The number of sulfone groups is 1. The SMILES string of the molecule is CCCC(=O)Nc1ccc(N(C)C2CCS(=O)(=O)C2)cc1. The van der Waals surface area contributed by atoms with Gasteiger partial charge in [-0.25, -0.2) is 8.42 Å². The number of rotatable bonds is 5. The summed E-state index contributed by atoms with van der Waals surface area (Å²) in [6.45, 7) is 1.97. The molecule has 1 aliphatic rings. The average molecular weight is 310 g/mol. The summed E-state index contributed by atoms with van der Waals surface area (Å²) in [4.78, 5) is 13.5. The smallest absolute Gasteiger partial charge is 0.224 e. The van der Waals surface area contributed by atoms with Crippen LogP contribution in [0.1, 0.15) is 26.2 Å². The maximum absolute atomic E-state index is 11.5. The molecule has 0 saturated carbocycles. The first-order valence-corrected chi connectivity index (χ1v) is 9.06. The highest BCUT2D eigenvalue weighted by Gasteiger charge is 2.30. The van der Waals surface area contributed by atoms with Crippen LogP contribution in [0.5, 0.6) is 0 Å². The van der Waals surface area contributed by atoms with Crippen molar-refractivity contribution in [3.8, 4) is 0 Å². The fourth-order valence-electron chi connectivity index (χ4n) is 2.52. The van der Waals surface area contributed by atoms with Crippen molar-refractivity contribution < 1.29 is 13.2 Å². The van der Waals surface area contributed by atoms with Crippen LogP contribution < -0.4 is 10.2 Å². The Bertz CT molecular complexity index is 596. The first-order chi connectivity index (χ1) is 9.91. The van der Waals surface area contributed by atoms with Crippen LogP contribution in [0.2, 0.25) is 0 Å². The van der Waals surface area contributed by atoms with Crippen molar-refractivity contribution >= 4 is 27.1 Å². The minimum absolute atomic E-state index is 0.0143. The molecule has 1 aromatic rings. The summed E-state index contributed by atoms with van der Waals surface area (Å²) < 4.78 is 23.1. The highest BCUT2D eigenvalue weighted by Crippen LogP contribution is 2.24. The molecule has 5 nitrogen and oxygen atoms in total. The fourth-order valence-corrected chi connectivity index (χ4v) is 4.30. The third-order valence-corrected chi connectivity index (χ3v) is 5.54. The maximum atomic E-state index is 11.5. The summed E-state index contributed by atoms with van der Waals surface area (Å²) in [5, 5.41) is 2.84. The van der Waals surface area contributed by atoms with Crippen LogP contribution in [0.4, 0.5) is 11.4 Å². The minimum Gasteiger partial charge on any atom is -0.371 e. The van der Waals surface area contributed by atoms with Crippen molar-refractivity contribution in [1.29, 1.82) is 0 Å². The molecule has 2 rings (SSSR count). The molecule has 1 aliphatic heterocycles. The number of hydrogen-bond acceptors (Lipinski definition) is 4. The summed E-state index contributed by atoms with van der Waals surface area (Å²) in [5.74, 6) is 0.506. The maximum Gasteiger partial charge on any atom is 0.224 e. The van der Waals surface area contributed by atoms with E-state index >= 15 is 0 Å². The molecular weight excluding hydrogens is 288 g/mol. The number of nitrogens with zero attached hydrogens (tertiary/aromatic N) is 1. The Kier molecular flexibility index (Phi) is 4.88. The van der Waals surface area contributed by atoms with Crippen LogP contribution >= 0.6 is 0 Å². The molecule has 1 N–H and O–H groups in total. The molecule has 21 heavy (non-hydrogen) atoms. The Hall–Kier alpha value is -1.56. The van der Waals surface area contributed by atoms with E-state index < -0.39 is 9.84 Å². The molecule has 1 aromatic carbocycles. The number of amides is 1. The topological polar surface area (TPSA) is 66.5 Å². The molecule has 0 aromatic heterocycles. The molecule has 1 unspecified atom stereocenters. The first-order valence-electron chi connectivity index (χ1n) is 7.24. The van der Waals surface area contributed by atoms with Crippen LogP contribution in [0.15, 0.2) is 24.3 Å². The molecule has 1 saturated heterocycles. The molecule has 0 bridgehead atoms. The van der Waals surface area contributed by atoms with E-state index in [2.05, 4.69) is 5.32 Å². The zero-order chi connectivity index (χ0) is 15.5. The Morgan fingerprint density at radius 2 is 2.00 bits per heavy atom. The van der Waals surface area contributed by atoms with E-state index in [1.165, 1.54) is 0 Å². The van der Waals surface area contributed by atoms with E-state index in [1.807, 2.05) is 43.1 Å². The Morgan fingerprint density at radius 1 is 1.33 bits per heavy atom. The predicted molar refractivity (Wildman–Crippen MR) is 85.4 cm³/mol. The van der Waals surface area contributed by atoms with Crippen molar-refractivity contribution in [1.82, 2.24) is 0 Å². The molecule has 1 amide bonds. The first kappa shape index (κ1) is 15.8. The number of carbonyl (C=O) groups excluding carboxylic acids is 1. The van der Waals surface area contributed by atoms with Gasteiger partial charge < -0.3 is 10.2 Å². The van der Waals surface area contributed by atoms with Gasteiger partial charge >= 0.3 is 0 Å². The van der Waals surface area contributed by atoms with Crippen molar-refractivity contribution in [3.63, 3.8) is 0 Å². The molecule has 0 radical (unpaired) electrons. The standard InChI is InChI=1S/C15H22N2O3S/c1-3-4-15(18)16-12-5-7-13(8-6-12)17(2)14-9-10-21(19,20)11-14/h5-8,14H,3-4,9-11H2,1-2H3,(H,16,18). The van der Waals surface area contributed by atoms with Crippen LogP contribution in [-0.4, -0.2) is 38.9 Å². The van der Waals surface area contributed by atoms with Crippen molar-refractivity contribution in [3.05, 3.63) is 24.3 Å². The summed E-state index contributed by atoms with van der Waals surface area (Å²) in [5.41, 5.74) is 1.73. The van der Waals surface area contributed by atoms with Crippen molar-refractivity contribution in [2.45, 2.75) is 32.2 Å². The van der Waals surface area contributed by atoms with Gasteiger partial charge in [-0.3, -0.25) is 4.79 Å². The zero-order valence-electron chi connectivity index (χ0n) is 12.5. The molecule has 6 heteroatoms. The lowest BCUT2D eigenvalue weighted by Gasteiger charge is -2.25.